The molecular weight excluding hydrogens is 468 g/mol. The molecule has 0 radical (unpaired) electrons. The number of pyridine rings is 1. The minimum Gasteiger partial charge on any atom is -0.452 e. The Balaban J connectivity index is 1.83. The molecule has 2 heterocycles. The quantitative estimate of drug-likeness (QED) is 0.421. The van der Waals surface area contributed by atoms with E-state index in [2.05, 4.69) is 10.3 Å². The molecule has 2 aromatic rings. The molecular formula is C22H27ClN4O5S. The highest BCUT2D eigenvalue weighted by Gasteiger charge is 2.27. The molecule has 3 rings (SSSR count). The lowest BCUT2D eigenvalue weighted by atomic mass is 10.1. The van der Waals surface area contributed by atoms with Crippen LogP contribution in [0.15, 0.2) is 41.4 Å². The normalized spacial score (nSPS) is 13.9. The Morgan fingerprint density at radius 1 is 1.18 bits per heavy atom. The van der Waals surface area contributed by atoms with Gasteiger partial charge >= 0.3 is 5.97 Å². The summed E-state index contributed by atoms with van der Waals surface area (Å²) < 4.78 is 32.5. The van der Waals surface area contributed by atoms with Crippen molar-refractivity contribution in [2.24, 2.45) is 0 Å². The van der Waals surface area contributed by atoms with Gasteiger partial charge in [-0.05, 0) is 43.2 Å². The number of anilines is 2. The van der Waals surface area contributed by atoms with Crippen molar-refractivity contribution in [1.82, 2.24) is 9.29 Å². The molecule has 9 nitrogen and oxygen atoms in total. The van der Waals surface area contributed by atoms with E-state index in [0.717, 1.165) is 25.9 Å². The Kier molecular flexibility index (Phi) is 8.28. The van der Waals surface area contributed by atoms with Gasteiger partial charge in [-0.3, -0.25) is 4.79 Å². The predicted octanol–water partition coefficient (Wildman–Crippen LogP) is 3.16. The Bertz CT molecular complexity index is 1120. The summed E-state index contributed by atoms with van der Waals surface area (Å²) in [5.41, 5.74) is 0.995. The first-order valence-electron chi connectivity index (χ1n) is 10.7. The van der Waals surface area contributed by atoms with Gasteiger partial charge in [0.05, 0.1) is 21.8 Å². The molecule has 0 bridgehead atoms. The first-order chi connectivity index (χ1) is 15.8. The molecule has 0 saturated carbocycles. The van der Waals surface area contributed by atoms with Crippen LogP contribution in [0.1, 0.15) is 37.0 Å². The van der Waals surface area contributed by atoms with Crippen LogP contribution >= 0.6 is 11.6 Å². The Morgan fingerprint density at radius 3 is 2.52 bits per heavy atom. The van der Waals surface area contributed by atoms with Crippen molar-refractivity contribution in [3.05, 3.63) is 47.2 Å². The molecule has 1 saturated heterocycles. The summed E-state index contributed by atoms with van der Waals surface area (Å²) in [7, 11) is -3.77. The van der Waals surface area contributed by atoms with Gasteiger partial charge < -0.3 is 15.0 Å². The number of carbonyl (C=O) groups is 2. The molecule has 178 valence electrons. The van der Waals surface area contributed by atoms with Gasteiger partial charge in [0, 0.05) is 32.4 Å². The van der Waals surface area contributed by atoms with Gasteiger partial charge in [-0.1, -0.05) is 25.4 Å². The Morgan fingerprint density at radius 2 is 1.88 bits per heavy atom. The van der Waals surface area contributed by atoms with E-state index in [4.69, 9.17) is 16.3 Å². The average molecular weight is 495 g/mol. The van der Waals surface area contributed by atoms with Crippen molar-refractivity contribution in [2.45, 2.75) is 31.6 Å². The van der Waals surface area contributed by atoms with E-state index in [1.165, 1.54) is 22.6 Å². The summed E-state index contributed by atoms with van der Waals surface area (Å²) in [5.74, 6) is -1.37. The van der Waals surface area contributed by atoms with Crippen LogP contribution in [-0.4, -0.2) is 62.4 Å². The molecule has 0 spiro atoms. The summed E-state index contributed by atoms with van der Waals surface area (Å²) in [6.07, 6.45) is 3.43. The highest BCUT2D eigenvalue weighted by molar-refractivity contribution is 7.89. The minimum atomic E-state index is -3.77. The smallest absolute Gasteiger partial charge is 0.340 e. The van der Waals surface area contributed by atoms with E-state index < -0.39 is 28.5 Å². The summed E-state index contributed by atoms with van der Waals surface area (Å²) in [6.45, 7) is 5.07. The molecule has 1 fully saturated rings. The minimum absolute atomic E-state index is 0.00712. The maximum atomic E-state index is 13.0. The lowest BCUT2D eigenvalue weighted by Crippen LogP contribution is -2.31. The van der Waals surface area contributed by atoms with Crippen molar-refractivity contribution in [2.75, 3.05) is 43.0 Å². The van der Waals surface area contributed by atoms with E-state index in [9.17, 15) is 18.0 Å². The number of rotatable bonds is 9. The number of esters is 1. The fourth-order valence-electron chi connectivity index (χ4n) is 3.66. The van der Waals surface area contributed by atoms with Crippen molar-refractivity contribution in [3.63, 3.8) is 0 Å². The van der Waals surface area contributed by atoms with Crippen molar-refractivity contribution in [1.29, 1.82) is 0 Å². The predicted molar refractivity (Wildman–Crippen MR) is 126 cm³/mol. The van der Waals surface area contributed by atoms with Gasteiger partial charge in [0.25, 0.3) is 5.91 Å². The number of hydrogen-bond donors (Lipinski definition) is 1. The lowest BCUT2D eigenvalue weighted by Gasteiger charge is -2.23. The number of amides is 1. The molecule has 1 amide bonds. The molecule has 1 aliphatic heterocycles. The number of aromatic nitrogens is 1. The maximum absolute atomic E-state index is 13.0. The fourth-order valence-corrected chi connectivity index (χ4v) is 5.31. The molecule has 1 aromatic carbocycles. The number of benzene rings is 1. The summed E-state index contributed by atoms with van der Waals surface area (Å²) in [6, 6.07) is 7.65. The number of nitrogens with one attached hydrogen (secondary N) is 1. The van der Waals surface area contributed by atoms with E-state index in [-0.39, 0.29) is 15.6 Å². The highest BCUT2D eigenvalue weighted by atomic mass is 35.5. The first-order valence-corrected chi connectivity index (χ1v) is 12.6. The van der Waals surface area contributed by atoms with Crippen LogP contribution in [-0.2, 0) is 19.6 Å². The molecule has 1 N–H and O–H groups in total. The van der Waals surface area contributed by atoms with Crippen LogP contribution in [0.3, 0.4) is 0 Å². The molecule has 1 aliphatic rings. The third kappa shape index (κ3) is 5.82. The van der Waals surface area contributed by atoms with Crippen LogP contribution in [0.2, 0.25) is 5.15 Å². The average Bonchev–Trinajstić information content (AvgIpc) is 3.34. The van der Waals surface area contributed by atoms with Crippen LogP contribution in [0.5, 0.6) is 0 Å². The van der Waals surface area contributed by atoms with Crippen LogP contribution in [0.25, 0.3) is 0 Å². The molecule has 11 heteroatoms. The van der Waals surface area contributed by atoms with Gasteiger partial charge in [-0.15, -0.1) is 0 Å². The summed E-state index contributed by atoms with van der Waals surface area (Å²) in [5, 5.41) is 2.64. The third-order valence-electron chi connectivity index (χ3n) is 5.35. The van der Waals surface area contributed by atoms with E-state index >= 15 is 0 Å². The van der Waals surface area contributed by atoms with Crippen LogP contribution in [0.4, 0.5) is 11.4 Å². The second kappa shape index (κ2) is 11.0. The molecule has 1 aromatic heterocycles. The number of sulfonamides is 1. The molecule has 33 heavy (non-hydrogen) atoms. The van der Waals surface area contributed by atoms with Crippen LogP contribution < -0.4 is 10.2 Å². The van der Waals surface area contributed by atoms with Gasteiger partial charge in [0.1, 0.15) is 0 Å². The summed E-state index contributed by atoms with van der Waals surface area (Å²) in [4.78, 5) is 31.1. The van der Waals surface area contributed by atoms with Crippen molar-refractivity contribution >= 4 is 44.9 Å². The topological polar surface area (TPSA) is 109 Å². The monoisotopic (exact) mass is 494 g/mol. The standard InChI is InChI=1S/C22H27ClN4O5S/c1-3-27(4-2)33(30,31)16-9-10-19(26-12-5-6-13-26)17(14-16)22(29)32-15-20(28)25-18-8-7-11-24-21(18)23/h7-11,14H,3-6,12-13,15H2,1-2H3,(H,25,28). The van der Waals surface area contributed by atoms with Crippen molar-refractivity contribution < 1.29 is 22.7 Å². The zero-order valence-corrected chi connectivity index (χ0v) is 20.2. The SMILES string of the molecule is CCN(CC)S(=O)(=O)c1ccc(N2CCCC2)c(C(=O)OCC(=O)Nc2cccnc2Cl)c1. The van der Waals surface area contributed by atoms with E-state index in [1.807, 2.05) is 4.90 Å². The van der Waals surface area contributed by atoms with Crippen molar-refractivity contribution in [3.8, 4) is 0 Å². The van der Waals surface area contributed by atoms with Gasteiger partial charge in [-0.25, -0.2) is 18.2 Å². The van der Waals surface area contributed by atoms with E-state index in [1.54, 1.807) is 32.0 Å². The number of hydrogen-bond acceptors (Lipinski definition) is 7. The Hall–Kier alpha value is -2.69. The van der Waals surface area contributed by atoms with Gasteiger partial charge in [0.15, 0.2) is 11.8 Å². The fraction of sp³-hybridized carbons (Fsp3) is 0.409. The maximum Gasteiger partial charge on any atom is 0.340 e. The van der Waals surface area contributed by atoms with Crippen LogP contribution in [0, 0.1) is 0 Å². The third-order valence-corrected chi connectivity index (χ3v) is 7.69. The van der Waals surface area contributed by atoms with Gasteiger partial charge in [0.2, 0.25) is 10.0 Å². The zero-order valence-electron chi connectivity index (χ0n) is 18.6. The molecule has 0 aliphatic carbocycles. The lowest BCUT2D eigenvalue weighted by molar-refractivity contribution is -0.119. The second-order valence-electron chi connectivity index (χ2n) is 7.43. The van der Waals surface area contributed by atoms with Gasteiger partial charge in [-0.2, -0.15) is 4.31 Å². The zero-order chi connectivity index (χ0) is 24.0. The number of ether oxygens (including phenoxy) is 1. The van der Waals surface area contributed by atoms with E-state index in [0.29, 0.717) is 24.5 Å². The molecule has 0 atom stereocenters. The molecule has 0 unspecified atom stereocenters. The Labute approximate surface area is 198 Å². The number of halogens is 1. The largest absolute Gasteiger partial charge is 0.452 e. The second-order valence-corrected chi connectivity index (χ2v) is 9.72. The summed E-state index contributed by atoms with van der Waals surface area (Å²) >= 11 is 5.93. The highest BCUT2D eigenvalue weighted by Crippen LogP contribution is 2.29. The number of nitrogens with zero attached hydrogens (tertiary/aromatic N) is 3. The first kappa shape index (κ1) is 24.9. The number of carbonyl (C=O) groups excluding carboxylic acids is 2.